The lowest BCUT2D eigenvalue weighted by molar-refractivity contribution is -0.130. The van der Waals surface area contributed by atoms with Crippen LogP contribution in [0.5, 0.6) is 0 Å². The molecule has 2 amide bonds. The van der Waals surface area contributed by atoms with Crippen LogP contribution in [0, 0.1) is 11.8 Å². The van der Waals surface area contributed by atoms with Crippen molar-refractivity contribution in [1.82, 2.24) is 5.32 Å². The molecule has 33 heavy (non-hydrogen) atoms. The van der Waals surface area contributed by atoms with Gasteiger partial charge in [-0.3, -0.25) is 14.9 Å². The molecule has 2 aromatic rings. The quantitative estimate of drug-likeness (QED) is 0.496. The Hall–Kier alpha value is -2.71. The van der Waals surface area contributed by atoms with Gasteiger partial charge in [0.05, 0.1) is 18.1 Å². The van der Waals surface area contributed by atoms with Crippen LogP contribution in [-0.4, -0.2) is 30.4 Å². The minimum atomic E-state index is -1.13. The van der Waals surface area contributed by atoms with Crippen molar-refractivity contribution >= 4 is 45.1 Å². The molecule has 1 fully saturated rings. The van der Waals surface area contributed by atoms with E-state index in [0.29, 0.717) is 30.2 Å². The van der Waals surface area contributed by atoms with E-state index in [0.717, 1.165) is 22.1 Å². The first-order chi connectivity index (χ1) is 15.7. The van der Waals surface area contributed by atoms with Gasteiger partial charge in [0.25, 0.3) is 0 Å². The average molecular weight is 514 g/mol. The van der Waals surface area contributed by atoms with Crippen molar-refractivity contribution in [2.45, 2.75) is 45.2 Å². The first-order valence-corrected chi connectivity index (χ1v) is 12.0. The van der Waals surface area contributed by atoms with E-state index in [4.69, 9.17) is 4.74 Å². The molecule has 174 valence electrons. The molecule has 2 aromatic carbocycles. The lowest BCUT2D eigenvalue weighted by Gasteiger charge is -2.29. The maximum Gasteiger partial charge on any atom is 0.338 e. The Kier molecular flexibility index (Phi) is 6.59. The Morgan fingerprint density at radius 1 is 1.21 bits per heavy atom. The normalized spacial score (nSPS) is 23.5. The number of hydrogen-bond acceptors (Lipinski definition) is 5. The number of rotatable bonds is 6. The van der Waals surface area contributed by atoms with Gasteiger partial charge in [-0.25, -0.2) is 4.79 Å². The van der Waals surface area contributed by atoms with Gasteiger partial charge in [0.15, 0.2) is 0 Å². The zero-order valence-electron chi connectivity index (χ0n) is 18.9. The van der Waals surface area contributed by atoms with Crippen molar-refractivity contribution in [2.24, 2.45) is 11.8 Å². The van der Waals surface area contributed by atoms with Gasteiger partial charge in [0, 0.05) is 27.5 Å². The van der Waals surface area contributed by atoms with Crippen LogP contribution in [0.15, 0.2) is 46.9 Å². The molecule has 0 aliphatic carbocycles. The van der Waals surface area contributed by atoms with Crippen molar-refractivity contribution in [2.75, 3.05) is 17.2 Å². The number of anilines is 2. The zero-order chi connectivity index (χ0) is 23.8. The molecule has 0 radical (unpaired) electrons. The molecular weight excluding hydrogens is 486 g/mol. The second kappa shape index (κ2) is 9.27. The van der Waals surface area contributed by atoms with Crippen molar-refractivity contribution in [1.29, 1.82) is 0 Å². The minimum Gasteiger partial charge on any atom is -0.462 e. The Bertz CT molecular complexity index is 1090. The Morgan fingerprint density at radius 3 is 2.61 bits per heavy atom. The van der Waals surface area contributed by atoms with E-state index in [-0.39, 0.29) is 17.9 Å². The first-order valence-electron chi connectivity index (χ1n) is 11.2. The predicted molar refractivity (Wildman–Crippen MR) is 130 cm³/mol. The monoisotopic (exact) mass is 513 g/mol. The molecule has 1 saturated heterocycles. The molecule has 3 atom stereocenters. The van der Waals surface area contributed by atoms with Gasteiger partial charge in [-0.1, -0.05) is 29.8 Å². The summed E-state index contributed by atoms with van der Waals surface area (Å²) in [6.45, 7) is 6.31. The number of esters is 1. The molecular formula is C25H28BrN3O4. The van der Waals surface area contributed by atoms with Crippen LogP contribution in [0.3, 0.4) is 0 Å². The third kappa shape index (κ3) is 4.42. The minimum absolute atomic E-state index is 0.0302. The third-order valence-corrected chi connectivity index (χ3v) is 6.72. The topological polar surface area (TPSA) is 96.5 Å². The fourth-order valence-corrected chi connectivity index (χ4v) is 5.25. The van der Waals surface area contributed by atoms with Gasteiger partial charge in [0.1, 0.15) is 5.54 Å². The number of nitrogens with one attached hydrogen (secondary N) is 3. The number of halogens is 1. The number of amides is 2. The highest BCUT2D eigenvalue weighted by molar-refractivity contribution is 9.10. The average Bonchev–Trinajstić information content (AvgIpc) is 3.27. The highest BCUT2D eigenvalue weighted by Crippen LogP contribution is 2.48. The van der Waals surface area contributed by atoms with Gasteiger partial charge in [-0.15, -0.1) is 0 Å². The summed E-state index contributed by atoms with van der Waals surface area (Å²) >= 11 is 3.51. The molecule has 0 bridgehead atoms. The van der Waals surface area contributed by atoms with Crippen LogP contribution >= 0.6 is 15.9 Å². The van der Waals surface area contributed by atoms with Crippen molar-refractivity contribution in [3.8, 4) is 0 Å². The van der Waals surface area contributed by atoms with Gasteiger partial charge < -0.3 is 15.4 Å². The van der Waals surface area contributed by atoms with Crippen LogP contribution in [-0.2, 0) is 19.9 Å². The molecule has 1 spiro atoms. The van der Waals surface area contributed by atoms with Gasteiger partial charge in [-0.2, -0.15) is 0 Å². The highest BCUT2D eigenvalue weighted by atomic mass is 79.9. The van der Waals surface area contributed by atoms with Crippen molar-refractivity contribution < 1.29 is 19.1 Å². The SMILES string of the molecule is CCOC(=O)c1ccc(NC(=O)[C@H]2C[C@H](CC(C)C)N[C@]23C(=O)Nc2ccc(Br)cc23)cc1. The Labute approximate surface area is 201 Å². The number of hydrogen-bond donors (Lipinski definition) is 3. The third-order valence-electron chi connectivity index (χ3n) is 6.22. The standard InChI is InChI=1S/C25H28BrN3O4/c1-4-33-23(31)15-5-8-17(9-6-15)27-22(30)20-13-18(11-14(2)3)29-25(20)19-12-16(26)7-10-21(19)28-24(25)32/h5-10,12,14,18,20,29H,4,11,13H2,1-3H3,(H,27,30)(H,28,32)/t18-,20+,25-/m0/s1. The van der Waals surface area contributed by atoms with Crippen LogP contribution in [0.4, 0.5) is 11.4 Å². The van der Waals surface area contributed by atoms with E-state index in [1.807, 2.05) is 18.2 Å². The summed E-state index contributed by atoms with van der Waals surface area (Å²) in [4.78, 5) is 38.8. The zero-order valence-corrected chi connectivity index (χ0v) is 20.5. The summed E-state index contributed by atoms with van der Waals surface area (Å²) in [6.07, 6.45) is 1.40. The molecule has 0 unspecified atom stereocenters. The second-order valence-corrected chi connectivity index (χ2v) is 9.91. The lowest BCUT2D eigenvalue weighted by atomic mass is 9.79. The Morgan fingerprint density at radius 2 is 1.94 bits per heavy atom. The maximum atomic E-state index is 13.5. The number of carbonyl (C=O) groups excluding carboxylic acids is 3. The summed E-state index contributed by atoms with van der Waals surface area (Å²) in [5.74, 6) is -1.03. The van der Waals surface area contributed by atoms with E-state index < -0.39 is 17.4 Å². The first kappa shape index (κ1) is 23.4. The molecule has 0 saturated carbocycles. The van der Waals surface area contributed by atoms with Gasteiger partial charge in [-0.05, 0) is 68.1 Å². The smallest absolute Gasteiger partial charge is 0.338 e. The molecule has 3 N–H and O–H groups in total. The van der Waals surface area contributed by atoms with E-state index >= 15 is 0 Å². The second-order valence-electron chi connectivity index (χ2n) is 9.00. The molecule has 7 nitrogen and oxygen atoms in total. The number of benzene rings is 2. The van der Waals surface area contributed by atoms with Gasteiger partial charge >= 0.3 is 5.97 Å². The summed E-state index contributed by atoms with van der Waals surface area (Å²) in [5, 5.41) is 9.44. The van der Waals surface area contributed by atoms with Crippen LogP contribution in [0.1, 0.15) is 49.5 Å². The van der Waals surface area contributed by atoms with E-state index in [9.17, 15) is 14.4 Å². The van der Waals surface area contributed by atoms with E-state index in [1.165, 1.54) is 0 Å². The fraction of sp³-hybridized carbons (Fsp3) is 0.400. The number of ether oxygens (including phenoxy) is 1. The van der Waals surface area contributed by atoms with Gasteiger partial charge in [0.2, 0.25) is 11.8 Å². The fourth-order valence-electron chi connectivity index (χ4n) is 4.89. The molecule has 2 aliphatic rings. The summed E-state index contributed by atoms with van der Waals surface area (Å²) in [7, 11) is 0. The van der Waals surface area contributed by atoms with Crippen molar-refractivity contribution in [3.63, 3.8) is 0 Å². The maximum absolute atomic E-state index is 13.5. The van der Waals surface area contributed by atoms with Crippen LogP contribution in [0.2, 0.25) is 0 Å². The van der Waals surface area contributed by atoms with Crippen LogP contribution in [0.25, 0.3) is 0 Å². The number of carbonyl (C=O) groups is 3. The molecule has 2 heterocycles. The predicted octanol–water partition coefficient (Wildman–Crippen LogP) is 4.44. The van der Waals surface area contributed by atoms with Crippen LogP contribution < -0.4 is 16.0 Å². The lowest BCUT2D eigenvalue weighted by Crippen LogP contribution is -2.52. The molecule has 2 aliphatic heterocycles. The van der Waals surface area contributed by atoms with E-state index in [2.05, 4.69) is 45.7 Å². The molecule has 8 heteroatoms. The summed E-state index contributed by atoms with van der Waals surface area (Å²) in [6, 6.07) is 12.2. The Balaban J connectivity index is 1.63. The van der Waals surface area contributed by atoms with E-state index in [1.54, 1.807) is 31.2 Å². The largest absolute Gasteiger partial charge is 0.462 e. The molecule has 4 rings (SSSR count). The highest BCUT2D eigenvalue weighted by Gasteiger charge is 2.60. The molecule has 0 aromatic heterocycles. The summed E-state index contributed by atoms with van der Waals surface area (Å²) < 4.78 is 5.86. The summed E-state index contributed by atoms with van der Waals surface area (Å²) in [5.41, 5.74) is 1.35. The van der Waals surface area contributed by atoms with Crippen molar-refractivity contribution in [3.05, 3.63) is 58.1 Å². The number of fused-ring (bicyclic) bond motifs is 2.